The lowest BCUT2D eigenvalue weighted by Crippen LogP contribution is -2.29. The molecule has 0 aromatic heterocycles. The van der Waals surface area contributed by atoms with Crippen molar-refractivity contribution in [2.45, 2.75) is 6.54 Å². The quantitative estimate of drug-likeness (QED) is 0.655. The van der Waals surface area contributed by atoms with E-state index in [0.29, 0.717) is 28.1 Å². The lowest BCUT2D eigenvalue weighted by molar-refractivity contribution is 0.0642. The van der Waals surface area contributed by atoms with E-state index in [4.69, 9.17) is 4.74 Å². The number of hydrogen-bond donors (Lipinski definition) is 1. The predicted octanol–water partition coefficient (Wildman–Crippen LogP) is 3.88. The Morgan fingerprint density at radius 3 is 2.20 bits per heavy atom. The van der Waals surface area contributed by atoms with Crippen LogP contribution in [0.3, 0.4) is 0 Å². The SMILES string of the molecule is COc1ccc(CN2C(=O)c3ccccc3C2=O)cc1C(=O)Nc1ccc(F)cc1. The molecular weight excluding hydrogens is 387 g/mol. The number of methoxy groups -OCH3 is 1. The van der Waals surface area contributed by atoms with Crippen LogP contribution in [0.1, 0.15) is 36.6 Å². The van der Waals surface area contributed by atoms with Gasteiger partial charge in [0.1, 0.15) is 11.6 Å². The first-order valence-electron chi connectivity index (χ1n) is 9.17. The van der Waals surface area contributed by atoms with E-state index < -0.39 is 11.7 Å². The van der Waals surface area contributed by atoms with Gasteiger partial charge in [-0.05, 0) is 54.1 Å². The molecular formula is C23H17FN2O4. The molecule has 30 heavy (non-hydrogen) atoms. The number of rotatable bonds is 5. The van der Waals surface area contributed by atoms with Crippen molar-refractivity contribution < 1.29 is 23.5 Å². The monoisotopic (exact) mass is 404 g/mol. The number of amides is 3. The van der Waals surface area contributed by atoms with E-state index in [-0.39, 0.29) is 23.9 Å². The number of ether oxygens (including phenoxy) is 1. The standard InChI is InChI=1S/C23H17FN2O4/c1-30-20-11-6-14(12-19(20)21(27)25-16-9-7-15(24)8-10-16)13-26-22(28)17-4-2-3-5-18(17)23(26)29/h2-12H,13H2,1H3,(H,25,27). The fourth-order valence-electron chi connectivity index (χ4n) is 3.33. The van der Waals surface area contributed by atoms with E-state index in [1.807, 2.05) is 0 Å². The predicted molar refractivity (Wildman–Crippen MR) is 108 cm³/mol. The summed E-state index contributed by atoms with van der Waals surface area (Å²) in [6.07, 6.45) is 0. The number of halogens is 1. The fourth-order valence-corrected chi connectivity index (χ4v) is 3.33. The van der Waals surface area contributed by atoms with E-state index in [1.54, 1.807) is 42.5 Å². The first-order chi connectivity index (χ1) is 14.5. The van der Waals surface area contributed by atoms with E-state index >= 15 is 0 Å². The van der Waals surface area contributed by atoms with Gasteiger partial charge in [-0.2, -0.15) is 0 Å². The van der Waals surface area contributed by atoms with Crippen molar-refractivity contribution in [2.75, 3.05) is 12.4 Å². The van der Waals surface area contributed by atoms with Gasteiger partial charge in [-0.1, -0.05) is 18.2 Å². The van der Waals surface area contributed by atoms with E-state index in [2.05, 4.69) is 5.32 Å². The second-order valence-corrected chi connectivity index (χ2v) is 6.74. The number of nitrogens with one attached hydrogen (secondary N) is 1. The van der Waals surface area contributed by atoms with Crippen molar-refractivity contribution in [1.82, 2.24) is 4.90 Å². The van der Waals surface area contributed by atoms with Crippen molar-refractivity contribution >= 4 is 23.4 Å². The number of imide groups is 1. The molecule has 1 N–H and O–H groups in total. The molecule has 3 amide bonds. The summed E-state index contributed by atoms with van der Waals surface area (Å²) in [6, 6.07) is 16.9. The zero-order valence-electron chi connectivity index (χ0n) is 16.0. The molecule has 3 aromatic rings. The maximum atomic E-state index is 13.1. The maximum Gasteiger partial charge on any atom is 0.261 e. The van der Waals surface area contributed by atoms with Crippen LogP contribution >= 0.6 is 0 Å². The van der Waals surface area contributed by atoms with Gasteiger partial charge >= 0.3 is 0 Å². The fraction of sp³-hybridized carbons (Fsp3) is 0.0870. The van der Waals surface area contributed by atoms with Gasteiger partial charge < -0.3 is 10.1 Å². The van der Waals surface area contributed by atoms with Crippen LogP contribution in [0.2, 0.25) is 0 Å². The molecule has 0 spiro atoms. The van der Waals surface area contributed by atoms with Crippen molar-refractivity contribution in [3.05, 3.63) is 94.8 Å². The van der Waals surface area contributed by atoms with Gasteiger partial charge in [0.15, 0.2) is 0 Å². The van der Waals surface area contributed by atoms with Gasteiger partial charge in [0.2, 0.25) is 0 Å². The number of benzene rings is 3. The summed E-state index contributed by atoms with van der Waals surface area (Å²) < 4.78 is 18.4. The lowest BCUT2D eigenvalue weighted by atomic mass is 10.1. The van der Waals surface area contributed by atoms with Gasteiger partial charge in [0.05, 0.1) is 30.3 Å². The molecule has 0 radical (unpaired) electrons. The third-order valence-electron chi connectivity index (χ3n) is 4.83. The largest absolute Gasteiger partial charge is 0.496 e. The normalized spacial score (nSPS) is 12.7. The summed E-state index contributed by atoms with van der Waals surface area (Å²) >= 11 is 0. The molecule has 1 aliphatic rings. The van der Waals surface area contributed by atoms with Crippen LogP contribution in [0.5, 0.6) is 5.75 Å². The Kier molecular flexibility index (Phi) is 5.02. The second kappa shape index (κ2) is 7.79. The summed E-state index contributed by atoms with van der Waals surface area (Å²) in [4.78, 5) is 39.1. The number of anilines is 1. The summed E-state index contributed by atoms with van der Waals surface area (Å²) in [5.74, 6) is -1.27. The molecule has 0 atom stereocenters. The summed E-state index contributed by atoms with van der Waals surface area (Å²) in [7, 11) is 1.44. The van der Waals surface area contributed by atoms with Crippen molar-refractivity contribution in [2.24, 2.45) is 0 Å². The average molecular weight is 404 g/mol. The van der Waals surface area contributed by atoms with Crippen LogP contribution in [0.25, 0.3) is 0 Å². The summed E-state index contributed by atoms with van der Waals surface area (Å²) in [6.45, 7) is 0.0210. The molecule has 7 heteroatoms. The van der Waals surface area contributed by atoms with Crippen LogP contribution in [-0.4, -0.2) is 29.7 Å². The molecule has 0 saturated heterocycles. The Morgan fingerprint density at radius 1 is 0.967 bits per heavy atom. The van der Waals surface area contributed by atoms with Crippen LogP contribution in [0.4, 0.5) is 10.1 Å². The smallest absolute Gasteiger partial charge is 0.261 e. The number of hydrogen-bond acceptors (Lipinski definition) is 4. The Labute approximate surface area is 171 Å². The van der Waals surface area contributed by atoms with Crippen molar-refractivity contribution in [3.63, 3.8) is 0 Å². The Bertz CT molecular complexity index is 1120. The van der Waals surface area contributed by atoms with E-state index in [1.165, 1.54) is 31.4 Å². The number of fused-ring (bicyclic) bond motifs is 1. The molecule has 6 nitrogen and oxygen atoms in total. The number of carbonyl (C=O) groups is 3. The van der Waals surface area contributed by atoms with Crippen molar-refractivity contribution in [3.8, 4) is 5.75 Å². The average Bonchev–Trinajstić information content (AvgIpc) is 3.00. The third kappa shape index (κ3) is 3.53. The first kappa shape index (κ1) is 19.3. The Morgan fingerprint density at radius 2 is 1.60 bits per heavy atom. The highest BCUT2D eigenvalue weighted by molar-refractivity contribution is 6.21. The Hall–Kier alpha value is -4.00. The van der Waals surface area contributed by atoms with Gasteiger partial charge in [-0.25, -0.2) is 4.39 Å². The van der Waals surface area contributed by atoms with Gasteiger partial charge in [0, 0.05) is 5.69 Å². The van der Waals surface area contributed by atoms with Crippen molar-refractivity contribution in [1.29, 1.82) is 0 Å². The minimum absolute atomic E-state index is 0.0210. The maximum absolute atomic E-state index is 13.1. The zero-order valence-corrected chi connectivity index (χ0v) is 16.0. The van der Waals surface area contributed by atoms with Crippen LogP contribution in [0, 0.1) is 5.82 Å². The minimum atomic E-state index is -0.456. The highest BCUT2D eigenvalue weighted by Crippen LogP contribution is 2.27. The zero-order chi connectivity index (χ0) is 21.3. The summed E-state index contributed by atoms with van der Waals surface area (Å²) in [5, 5.41) is 2.68. The van der Waals surface area contributed by atoms with E-state index in [0.717, 1.165) is 4.90 Å². The molecule has 150 valence electrons. The molecule has 0 saturated carbocycles. The second-order valence-electron chi connectivity index (χ2n) is 6.74. The highest BCUT2D eigenvalue weighted by atomic mass is 19.1. The molecule has 0 aliphatic carbocycles. The Balaban J connectivity index is 1.59. The van der Waals surface area contributed by atoms with Gasteiger partial charge in [-0.3, -0.25) is 19.3 Å². The molecule has 4 rings (SSSR count). The lowest BCUT2D eigenvalue weighted by Gasteiger charge is -2.16. The van der Waals surface area contributed by atoms with E-state index in [9.17, 15) is 18.8 Å². The molecule has 0 fully saturated rings. The molecule has 1 aliphatic heterocycles. The highest BCUT2D eigenvalue weighted by Gasteiger charge is 2.35. The minimum Gasteiger partial charge on any atom is -0.496 e. The van der Waals surface area contributed by atoms with Gasteiger partial charge in [0.25, 0.3) is 17.7 Å². The first-order valence-corrected chi connectivity index (χ1v) is 9.17. The molecule has 0 unspecified atom stereocenters. The number of carbonyl (C=O) groups excluding carboxylic acids is 3. The summed E-state index contributed by atoms with van der Waals surface area (Å²) in [5.41, 5.74) is 1.98. The molecule has 0 bridgehead atoms. The number of nitrogens with zero attached hydrogens (tertiary/aromatic N) is 1. The topological polar surface area (TPSA) is 75.7 Å². The van der Waals surface area contributed by atoms with Crippen LogP contribution < -0.4 is 10.1 Å². The van der Waals surface area contributed by atoms with Crippen LogP contribution in [0.15, 0.2) is 66.7 Å². The molecule has 3 aromatic carbocycles. The molecule has 1 heterocycles. The van der Waals surface area contributed by atoms with Crippen LogP contribution in [-0.2, 0) is 6.54 Å². The van der Waals surface area contributed by atoms with Gasteiger partial charge in [-0.15, -0.1) is 0 Å². The third-order valence-corrected chi connectivity index (χ3v) is 4.83.